The van der Waals surface area contributed by atoms with Crippen LogP contribution in [0.5, 0.6) is 11.5 Å². The molecule has 0 saturated heterocycles. The van der Waals surface area contributed by atoms with Gasteiger partial charge >= 0.3 is 0 Å². The van der Waals surface area contributed by atoms with Crippen molar-refractivity contribution in [2.75, 3.05) is 0 Å². The van der Waals surface area contributed by atoms with Crippen molar-refractivity contribution in [2.45, 2.75) is 9.79 Å². The first-order valence-electron chi connectivity index (χ1n) is 7.29. The van der Waals surface area contributed by atoms with Crippen molar-refractivity contribution in [1.29, 1.82) is 0 Å². The zero-order chi connectivity index (χ0) is 18.8. The quantitative estimate of drug-likeness (QED) is 0.801. The van der Waals surface area contributed by atoms with Crippen molar-refractivity contribution < 1.29 is 18.6 Å². The lowest BCUT2D eigenvalue weighted by molar-refractivity contribution is 0.472. The highest BCUT2D eigenvalue weighted by Crippen LogP contribution is 2.34. The fourth-order valence-corrected chi connectivity index (χ4v) is 3.77. The van der Waals surface area contributed by atoms with Gasteiger partial charge in [-0.1, -0.05) is 50.6 Å². The molecular formula is C20H18O4S. The Morgan fingerprint density at radius 3 is 1.08 bits per heavy atom. The summed E-state index contributed by atoms with van der Waals surface area (Å²) in [6, 6.07) is 5.33. The van der Waals surface area contributed by atoms with E-state index in [9.17, 15) is 18.6 Å². The summed E-state index contributed by atoms with van der Waals surface area (Å²) in [7, 11) is -3.92. The number of hydrogen-bond donors (Lipinski definition) is 2. The van der Waals surface area contributed by atoms with Crippen LogP contribution in [0.15, 0.2) is 60.4 Å². The van der Waals surface area contributed by atoms with E-state index >= 15 is 0 Å². The van der Waals surface area contributed by atoms with Crippen LogP contribution < -0.4 is 0 Å². The van der Waals surface area contributed by atoms with E-state index in [4.69, 9.17) is 0 Å². The fraction of sp³-hybridized carbons (Fsp3) is 0. The molecule has 0 aromatic heterocycles. The summed E-state index contributed by atoms with van der Waals surface area (Å²) in [5, 5.41) is 20.1. The van der Waals surface area contributed by atoms with Crippen LogP contribution in [-0.2, 0) is 9.84 Å². The molecule has 0 saturated carbocycles. The first-order valence-corrected chi connectivity index (χ1v) is 8.77. The van der Waals surface area contributed by atoms with Crippen LogP contribution in [0.3, 0.4) is 0 Å². The highest BCUT2D eigenvalue weighted by molar-refractivity contribution is 7.91. The van der Waals surface area contributed by atoms with Gasteiger partial charge in [0.15, 0.2) is 0 Å². The van der Waals surface area contributed by atoms with Crippen molar-refractivity contribution in [1.82, 2.24) is 0 Å². The molecule has 0 aliphatic heterocycles. The van der Waals surface area contributed by atoms with Crippen LogP contribution in [0.2, 0.25) is 0 Å². The Hall–Kier alpha value is -3.05. The number of hydrogen-bond acceptors (Lipinski definition) is 4. The van der Waals surface area contributed by atoms with Gasteiger partial charge in [-0.3, -0.25) is 0 Å². The molecule has 2 rings (SSSR count). The summed E-state index contributed by atoms with van der Waals surface area (Å²) in [5.41, 5.74) is 1.12. The maximum atomic E-state index is 13.0. The second kappa shape index (κ2) is 6.83. The first-order chi connectivity index (χ1) is 11.8. The second-order valence-corrected chi connectivity index (χ2v) is 7.17. The molecule has 25 heavy (non-hydrogen) atoms. The predicted octanol–water partition coefficient (Wildman–Crippen LogP) is 4.50. The molecule has 2 aromatic rings. The fourth-order valence-electron chi connectivity index (χ4n) is 2.37. The average molecular weight is 354 g/mol. The number of sulfone groups is 1. The summed E-state index contributed by atoms with van der Waals surface area (Å²) >= 11 is 0. The Bertz CT molecular complexity index is 865. The zero-order valence-corrected chi connectivity index (χ0v) is 14.4. The normalized spacial score (nSPS) is 10.9. The highest BCUT2D eigenvalue weighted by Gasteiger charge is 2.22. The van der Waals surface area contributed by atoms with Crippen LogP contribution in [0.1, 0.15) is 22.3 Å². The third kappa shape index (κ3) is 3.14. The Kier molecular flexibility index (Phi) is 4.99. The first kappa shape index (κ1) is 18.3. The molecule has 0 aliphatic rings. The number of aromatic hydroxyl groups is 2. The SMILES string of the molecule is C=Cc1cc(S(=O)(=O)c2cc(C=C)c(O)c(C=C)c2)cc(C=C)c1O. The summed E-state index contributed by atoms with van der Waals surface area (Å²) in [6.45, 7) is 14.3. The predicted molar refractivity (Wildman–Crippen MR) is 102 cm³/mol. The van der Waals surface area contributed by atoms with Crippen LogP contribution in [0.25, 0.3) is 24.3 Å². The molecule has 0 spiro atoms. The smallest absolute Gasteiger partial charge is 0.206 e. The topological polar surface area (TPSA) is 74.6 Å². The van der Waals surface area contributed by atoms with Crippen LogP contribution >= 0.6 is 0 Å². The highest BCUT2D eigenvalue weighted by atomic mass is 32.2. The van der Waals surface area contributed by atoms with Gasteiger partial charge in [-0.15, -0.1) is 0 Å². The lowest BCUT2D eigenvalue weighted by Gasteiger charge is -2.12. The number of phenols is 2. The molecule has 2 aromatic carbocycles. The standard InChI is InChI=1S/C20H18O4S/c1-5-13-9-17(10-14(6-2)19(13)21)25(23,24)18-11-15(7-3)20(22)16(8-4)12-18/h5-12,21-22H,1-4H2. The van der Waals surface area contributed by atoms with Crippen molar-refractivity contribution >= 4 is 34.1 Å². The molecule has 0 unspecified atom stereocenters. The largest absolute Gasteiger partial charge is 0.507 e. The summed E-state index contributed by atoms with van der Waals surface area (Å²) < 4.78 is 26.1. The Morgan fingerprint density at radius 2 is 0.880 bits per heavy atom. The van der Waals surface area contributed by atoms with Crippen LogP contribution in [0, 0.1) is 0 Å². The minimum atomic E-state index is -3.92. The minimum absolute atomic E-state index is 0.0224. The molecule has 2 N–H and O–H groups in total. The molecule has 0 amide bonds. The summed E-state index contributed by atoms with van der Waals surface area (Å²) in [6.07, 6.45) is 5.45. The van der Waals surface area contributed by atoms with Crippen molar-refractivity contribution in [2.24, 2.45) is 0 Å². The Balaban J connectivity index is 2.80. The van der Waals surface area contributed by atoms with Gasteiger partial charge in [-0.25, -0.2) is 8.42 Å². The Labute approximate surface area is 147 Å². The lowest BCUT2D eigenvalue weighted by atomic mass is 10.1. The van der Waals surface area contributed by atoms with Crippen molar-refractivity contribution in [3.05, 3.63) is 72.8 Å². The van der Waals surface area contributed by atoms with E-state index in [0.717, 1.165) is 0 Å². The molecular weight excluding hydrogens is 336 g/mol. The minimum Gasteiger partial charge on any atom is -0.507 e. The third-order valence-electron chi connectivity index (χ3n) is 3.79. The van der Waals surface area contributed by atoms with E-state index in [2.05, 4.69) is 26.3 Å². The van der Waals surface area contributed by atoms with E-state index in [1.165, 1.54) is 48.6 Å². The van der Waals surface area contributed by atoms with Crippen molar-refractivity contribution in [3.8, 4) is 11.5 Å². The van der Waals surface area contributed by atoms with Gasteiger partial charge in [0, 0.05) is 22.3 Å². The third-order valence-corrected chi connectivity index (χ3v) is 5.50. The second-order valence-electron chi connectivity index (χ2n) is 5.22. The monoisotopic (exact) mass is 354 g/mol. The van der Waals surface area contributed by atoms with Crippen LogP contribution in [-0.4, -0.2) is 18.6 Å². The number of rotatable bonds is 6. The molecule has 5 heteroatoms. The van der Waals surface area contributed by atoms with Crippen LogP contribution in [0.4, 0.5) is 0 Å². The van der Waals surface area contributed by atoms with Gasteiger partial charge in [0.2, 0.25) is 9.84 Å². The van der Waals surface area contributed by atoms with E-state index in [-0.39, 0.29) is 43.5 Å². The maximum Gasteiger partial charge on any atom is 0.206 e. The number of phenolic OH excluding ortho intramolecular Hbond substituents is 2. The van der Waals surface area contributed by atoms with Crippen molar-refractivity contribution in [3.63, 3.8) is 0 Å². The molecule has 4 nitrogen and oxygen atoms in total. The molecule has 128 valence electrons. The molecule has 0 bridgehead atoms. The van der Waals surface area contributed by atoms with E-state index in [0.29, 0.717) is 0 Å². The molecule has 0 aliphatic carbocycles. The van der Waals surface area contributed by atoms with Gasteiger partial charge in [-0.2, -0.15) is 0 Å². The van der Waals surface area contributed by atoms with Gasteiger partial charge in [-0.05, 0) is 24.3 Å². The van der Waals surface area contributed by atoms with Gasteiger partial charge in [0.05, 0.1) is 9.79 Å². The summed E-state index contributed by atoms with van der Waals surface area (Å²) in [4.78, 5) is -0.0448. The lowest BCUT2D eigenvalue weighted by Crippen LogP contribution is -2.04. The molecule has 0 heterocycles. The Morgan fingerprint density at radius 1 is 0.640 bits per heavy atom. The average Bonchev–Trinajstić information content (AvgIpc) is 2.61. The summed E-state index contributed by atoms with van der Waals surface area (Å²) in [5.74, 6) is -0.179. The maximum absolute atomic E-state index is 13.0. The van der Waals surface area contributed by atoms with E-state index < -0.39 is 9.84 Å². The van der Waals surface area contributed by atoms with E-state index in [1.807, 2.05) is 0 Å². The van der Waals surface area contributed by atoms with Gasteiger partial charge in [0.25, 0.3) is 0 Å². The number of benzene rings is 2. The molecule has 0 radical (unpaired) electrons. The molecule has 0 fully saturated rings. The van der Waals surface area contributed by atoms with Gasteiger partial charge < -0.3 is 10.2 Å². The van der Waals surface area contributed by atoms with Gasteiger partial charge in [0.1, 0.15) is 11.5 Å². The molecule has 0 atom stereocenters. The zero-order valence-electron chi connectivity index (χ0n) is 13.6. The van der Waals surface area contributed by atoms with E-state index in [1.54, 1.807) is 0 Å².